The van der Waals surface area contributed by atoms with E-state index in [-0.39, 0.29) is 23.5 Å². The minimum absolute atomic E-state index is 0.0834. The Kier molecular flexibility index (Phi) is 8.61. The molecule has 2 heterocycles. The number of likely N-dealkylation sites (N-methyl/N-ethyl adjacent to an activating group) is 1. The van der Waals surface area contributed by atoms with Crippen molar-refractivity contribution in [3.8, 4) is 0 Å². The first-order chi connectivity index (χ1) is 20.8. The number of halogens is 2. The first-order valence-electron chi connectivity index (χ1n) is 15.7. The summed E-state index contributed by atoms with van der Waals surface area (Å²) in [7, 11) is 1.83. The highest BCUT2D eigenvalue weighted by Crippen LogP contribution is 2.56. The van der Waals surface area contributed by atoms with Crippen LogP contribution in [0.2, 0.25) is 5.02 Å². The van der Waals surface area contributed by atoms with Crippen LogP contribution in [0.15, 0.2) is 78.9 Å². The van der Waals surface area contributed by atoms with E-state index in [1.807, 2.05) is 49.5 Å². The number of piperidine rings is 2. The number of nitrogens with zero attached hydrogens (tertiary/aromatic N) is 3. The predicted octanol–water partition coefficient (Wildman–Crippen LogP) is 6.44. The summed E-state index contributed by atoms with van der Waals surface area (Å²) in [5, 5.41) is 0.648. The maximum absolute atomic E-state index is 14.1. The molecule has 7 heteroatoms. The summed E-state index contributed by atoms with van der Waals surface area (Å²) in [6, 6.07) is 24.4. The summed E-state index contributed by atoms with van der Waals surface area (Å²) in [6.07, 6.45) is 5.71. The molecule has 1 saturated carbocycles. The monoisotopic (exact) mass is 601 g/mol. The van der Waals surface area contributed by atoms with E-state index in [2.05, 4.69) is 21.9 Å². The van der Waals surface area contributed by atoms with Crippen molar-refractivity contribution < 1.29 is 14.0 Å². The van der Waals surface area contributed by atoms with Gasteiger partial charge in [0.15, 0.2) is 0 Å². The van der Waals surface area contributed by atoms with E-state index < -0.39 is 10.8 Å². The molecule has 2 amide bonds. The Morgan fingerprint density at radius 3 is 2.16 bits per heavy atom. The van der Waals surface area contributed by atoms with Gasteiger partial charge in [-0.25, -0.2) is 4.39 Å². The molecule has 0 bridgehead atoms. The third kappa shape index (κ3) is 5.97. The van der Waals surface area contributed by atoms with E-state index in [1.54, 1.807) is 17.0 Å². The normalized spacial score (nSPS) is 23.5. The van der Waals surface area contributed by atoms with Gasteiger partial charge in [-0.3, -0.25) is 9.59 Å². The molecule has 3 aromatic carbocycles. The number of hydrogen-bond acceptors (Lipinski definition) is 3. The van der Waals surface area contributed by atoms with E-state index in [4.69, 9.17) is 11.6 Å². The van der Waals surface area contributed by atoms with Gasteiger partial charge in [-0.2, -0.15) is 0 Å². The van der Waals surface area contributed by atoms with Crippen LogP contribution < -0.4 is 0 Å². The van der Waals surface area contributed by atoms with Crippen molar-refractivity contribution in [2.75, 3.05) is 39.8 Å². The third-order valence-electron chi connectivity index (χ3n) is 10.1. The molecular weight excluding hydrogens is 561 g/mol. The lowest BCUT2D eigenvalue weighted by molar-refractivity contribution is -0.140. The standard InChI is InChI=1S/C36H41ClFN3O2/c1-39(25-27-10-16-32(38)17-11-27)34(43)36(29-12-14-31(37)15-13-29)24-30(36)26-40-22-18-35(19-23-40,28-8-4-2-5-9-28)33(42)41-20-6-3-7-21-41/h2,4-5,8-17,30H,3,6-7,18-26H2,1H3. The van der Waals surface area contributed by atoms with Crippen LogP contribution in [0, 0.1) is 11.7 Å². The van der Waals surface area contributed by atoms with Crippen LogP contribution in [-0.2, 0) is 27.0 Å². The van der Waals surface area contributed by atoms with Crippen LogP contribution in [0.5, 0.6) is 0 Å². The minimum atomic E-state index is -0.614. The fourth-order valence-corrected chi connectivity index (χ4v) is 7.65. The van der Waals surface area contributed by atoms with Gasteiger partial charge in [-0.05, 0) is 98.5 Å². The van der Waals surface area contributed by atoms with Gasteiger partial charge < -0.3 is 14.7 Å². The van der Waals surface area contributed by atoms with Crippen LogP contribution in [0.1, 0.15) is 55.2 Å². The molecule has 2 saturated heterocycles. The van der Waals surface area contributed by atoms with Crippen LogP contribution in [-0.4, -0.2) is 66.3 Å². The second-order valence-electron chi connectivity index (χ2n) is 12.8. The number of likely N-dealkylation sites (tertiary alicyclic amines) is 2. The van der Waals surface area contributed by atoms with Gasteiger partial charge in [0.25, 0.3) is 0 Å². The van der Waals surface area contributed by atoms with Crippen molar-refractivity contribution in [2.45, 2.75) is 55.9 Å². The van der Waals surface area contributed by atoms with E-state index in [9.17, 15) is 14.0 Å². The maximum Gasteiger partial charge on any atom is 0.233 e. The highest BCUT2D eigenvalue weighted by molar-refractivity contribution is 6.30. The van der Waals surface area contributed by atoms with Crippen molar-refractivity contribution in [3.05, 3.63) is 106 Å². The van der Waals surface area contributed by atoms with Crippen LogP contribution in [0.25, 0.3) is 0 Å². The van der Waals surface area contributed by atoms with Gasteiger partial charge in [-0.1, -0.05) is 66.2 Å². The van der Waals surface area contributed by atoms with Crippen molar-refractivity contribution in [2.24, 2.45) is 5.92 Å². The molecule has 2 unspecified atom stereocenters. The zero-order valence-corrected chi connectivity index (χ0v) is 25.7. The van der Waals surface area contributed by atoms with Gasteiger partial charge in [0.1, 0.15) is 5.82 Å². The van der Waals surface area contributed by atoms with Gasteiger partial charge in [0.05, 0.1) is 10.8 Å². The highest BCUT2D eigenvalue weighted by atomic mass is 35.5. The summed E-state index contributed by atoms with van der Waals surface area (Å²) in [6.45, 7) is 4.58. The molecule has 1 aliphatic carbocycles. The molecule has 3 fully saturated rings. The molecular formula is C36H41ClFN3O2. The third-order valence-corrected chi connectivity index (χ3v) is 10.3. The van der Waals surface area contributed by atoms with Gasteiger partial charge >= 0.3 is 0 Å². The molecule has 3 aromatic rings. The van der Waals surface area contributed by atoms with Crippen molar-refractivity contribution in [3.63, 3.8) is 0 Å². The number of carbonyl (C=O) groups excluding carboxylic acids is 2. The van der Waals surface area contributed by atoms with E-state index in [0.29, 0.717) is 11.6 Å². The van der Waals surface area contributed by atoms with Crippen molar-refractivity contribution >= 4 is 23.4 Å². The summed E-state index contributed by atoms with van der Waals surface area (Å²) in [5.74, 6) is 0.254. The number of benzene rings is 3. The number of carbonyl (C=O) groups is 2. The molecule has 0 N–H and O–H groups in total. The van der Waals surface area contributed by atoms with Gasteiger partial charge in [0.2, 0.25) is 11.8 Å². The Morgan fingerprint density at radius 1 is 0.860 bits per heavy atom. The van der Waals surface area contributed by atoms with Crippen LogP contribution in [0.4, 0.5) is 4.39 Å². The number of amides is 2. The van der Waals surface area contributed by atoms with Gasteiger partial charge in [-0.15, -0.1) is 0 Å². The lowest BCUT2D eigenvalue weighted by Gasteiger charge is -2.44. The second-order valence-corrected chi connectivity index (χ2v) is 13.2. The second kappa shape index (κ2) is 12.4. The molecule has 43 heavy (non-hydrogen) atoms. The highest BCUT2D eigenvalue weighted by Gasteiger charge is 2.62. The Balaban J connectivity index is 1.18. The lowest BCUT2D eigenvalue weighted by atomic mass is 9.71. The van der Waals surface area contributed by atoms with Gasteiger partial charge in [0, 0.05) is 38.2 Å². The van der Waals surface area contributed by atoms with Crippen molar-refractivity contribution in [1.82, 2.24) is 14.7 Å². The fourth-order valence-electron chi connectivity index (χ4n) is 7.52. The maximum atomic E-state index is 14.1. The Morgan fingerprint density at radius 2 is 1.51 bits per heavy atom. The molecule has 0 spiro atoms. The van der Waals surface area contributed by atoms with Crippen LogP contribution in [0.3, 0.4) is 0 Å². The van der Waals surface area contributed by atoms with E-state index in [0.717, 1.165) is 81.5 Å². The Labute approximate surface area is 259 Å². The molecule has 2 atom stereocenters. The molecule has 3 aliphatic rings. The average Bonchev–Trinajstić information content (AvgIpc) is 3.77. The average molecular weight is 602 g/mol. The van der Waals surface area contributed by atoms with Crippen molar-refractivity contribution in [1.29, 1.82) is 0 Å². The summed E-state index contributed by atoms with van der Waals surface area (Å²) < 4.78 is 13.5. The Hall–Kier alpha value is -3.22. The lowest BCUT2D eigenvalue weighted by Crippen LogP contribution is -2.54. The molecule has 5 nitrogen and oxygen atoms in total. The zero-order chi connectivity index (χ0) is 30.0. The minimum Gasteiger partial charge on any atom is -0.342 e. The fraction of sp³-hybridized carbons (Fsp3) is 0.444. The number of hydrogen-bond donors (Lipinski definition) is 0. The quantitative estimate of drug-likeness (QED) is 0.298. The predicted molar refractivity (Wildman–Crippen MR) is 168 cm³/mol. The van der Waals surface area contributed by atoms with E-state index >= 15 is 0 Å². The summed E-state index contributed by atoms with van der Waals surface area (Å²) >= 11 is 6.23. The molecule has 2 aliphatic heterocycles. The van der Waals surface area contributed by atoms with Crippen LogP contribution >= 0.6 is 11.6 Å². The molecule has 0 aromatic heterocycles. The summed E-state index contributed by atoms with van der Waals surface area (Å²) in [5.41, 5.74) is 1.92. The molecule has 226 valence electrons. The largest absolute Gasteiger partial charge is 0.342 e. The first kappa shape index (κ1) is 29.8. The SMILES string of the molecule is CN(Cc1ccc(F)cc1)C(=O)C1(c2ccc(Cl)cc2)CC1CN1CCC(C(=O)N2CCCCC2)(c2ccccc2)CC1. The first-order valence-corrected chi connectivity index (χ1v) is 16.0. The van der Waals surface area contributed by atoms with E-state index in [1.165, 1.54) is 18.6 Å². The molecule has 6 rings (SSSR count). The topological polar surface area (TPSA) is 43.9 Å². The summed E-state index contributed by atoms with van der Waals surface area (Å²) in [4.78, 5) is 34.6. The smallest absolute Gasteiger partial charge is 0.233 e. The Bertz CT molecular complexity index is 1420. The molecule has 0 radical (unpaired) electrons. The number of rotatable bonds is 8. The zero-order valence-electron chi connectivity index (χ0n) is 25.0.